The molecule has 2 heterocycles. The second-order valence-electron chi connectivity index (χ2n) is 7.37. The summed E-state index contributed by atoms with van der Waals surface area (Å²) in [6.07, 6.45) is 12.6. The van der Waals surface area contributed by atoms with Gasteiger partial charge in [0.15, 0.2) is 5.65 Å². The number of pyridine rings is 1. The molecule has 4 fully saturated rings. The average Bonchev–Trinajstić information content (AvgIpc) is 3.23. The molecule has 2 aromatic rings. The zero-order valence-corrected chi connectivity index (χ0v) is 13.0. The molecule has 0 saturated heterocycles. The summed E-state index contributed by atoms with van der Waals surface area (Å²) < 4.78 is 8.20. The molecule has 0 aromatic carbocycles. The van der Waals surface area contributed by atoms with Gasteiger partial charge in [-0.1, -0.05) is 22.8 Å². The molecule has 0 N–H and O–H groups in total. The van der Waals surface area contributed by atoms with Crippen LogP contribution in [0.3, 0.4) is 0 Å². The van der Waals surface area contributed by atoms with Gasteiger partial charge >= 0.3 is 0 Å². The molecule has 116 valence electrons. The fourth-order valence-corrected chi connectivity index (χ4v) is 4.55. The van der Waals surface area contributed by atoms with Gasteiger partial charge in [-0.05, 0) is 31.6 Å². The number of allylic oxidation sites excluding steroid dienone is 3. The Morgan fingerprint density at radius 2 is 2.17 bits per heavy atom. The third kappa shape index (κ3) is 1.66. The SMILES string of the molecule is C1=C2C3CC2C3=C(CCOc2cc3nncn3cc2C2CC2)C1. The lowest BCUT2D eigenvalue weighted by molar-refractivity contribution is 0.232. The molecule has 0 amide bonds. The molecule has 4 nitrogen and oxygen atoms in total. The number of ether oxygens (including phenoxy) is 1. The first-order valence-corrected chi connectivity index (χ1v) is 8.76. The lowest BCUT2D eigenvalue weighted by atomic mass is 9.45. The van der Waals surface area contributed by atoms with Crippen molar-refractivity contribution in [3.8, 4) is 5.75 Å². The molecule has 4 saturated carbocycles. The number of hydrogen-bond donors (Lipinski definition) is 0. The highest BCUT2D eigenvalue weighted by Crippen LogP contribution is 2.66. The van der Waals surface area contributed by atoms with E-state index < -0.39 is 0 Å². The first-order chi connectivity index (χ1) is 11.4. The Morgan fingerprint density at radius 3 is 2.96 bits per heavy atom. The highest BCUT2D eigenvalue weighted by atomic mass is 16.5. The van der Waals surface area contributed by atoms with Crippen LogP contribution in [0.25, 0.3) is 5.65 Å². The highest BCUT2D eigenvalue weighted by molar-refractivity contribution is 5.56. The summed E-state index contributed by atoms with van der Waals surface area (Å²) in [6.45, 7) is 0.783. The second-order valence-corrected chi connectivity index (χ2v) is 7.37. The number of fused-ring (bicyclic) bond motifs is 1. The van der Waals surface area contributed by atoms with Gasteiger partial charge in [0, 0.05) is 36.1 Å². The fourth-order valence-electron chi connectivity index (χ4n) is 4.55. The topological polar surface area (TPSA) is 39.4 Å². The maximum atomic E-state index is 6.20. The van der Waals surface area contributed by atoms with E-state index in [1.165, 1.54) is 31.2 Å². The number of aromatic nitrogens is 3. The van der Waals surface area contributed by atoms with E-state index in [0.29, 0.717) is 5.92 Å². The summed E-state index contributed by atoms with van der Waals surface area (Å²) in [6, 6.07) is 2.05. The number of hydrogen-bond acceptors (Lipinski definition) is 3. The van der Waals surface area contributed by atoms with E-state index in [1.54, 1.807) is 23.0 Å². The van der Waals surface area contributed by atoms with Crippen molar-refractivity contribution in [3.63, 3.8) is 0 Å². The smallest absolute Gasteiger partial charge is 0.164 e. The van der Waals surface area contributed by atoms with Gasteiger partial charge in [-0.2, -0.15) is 0 Å². The quantitative estimate of drug-likeness (QED) is 0.792. The number of rotatable bonds is 5. The lowest BCUT2D eigenvalue weighted by Gasteiger charge is -2.59. The van der Waals surface area contributed by atoms with Crippen molar-refractivity contribution in [3.05, 3.63) is 46.9 Å². The van der Waals surface area contributed by atoms with Crippen LogP contribution < -0.4 is 4.74 Å². The van der Waals surface area contributed by atoms with E-state index in [1.807, 2.05) is 4.40 Å². The normalized spacial score (nSPS) is 27.6. The van der Waals surface area contributed by atoms with Gasteiger partial charge in [0.1, 0.15) is 12.1 Å². The van der Waals surface area contributed by atoms with Gasteiger partial charge in [-0.15, -0.1) is 10.2 Å². The average molecular weight is 305 g/mol. The highest BCUT2D eigenvalue weighted by Gasteiger charge is 2.54. The van der Waals surface area contributed by atoms with Gasteiger partial charge in [0.05, 0.1) is 6.61 Å². The van der Waals surface area contributed by atoms with Crippen molar-refractivity contribution in [2.45, 2.75) is 38.0 Å². The van der Waals surface area contributed by atoms with Crippen LogP contribution in [0.15, 0.2) is 41.4 Å². The molecule has 5 aliphatic rings. The summed E-state index contributed by atoms with van der Waals surface area (Å²) in [5, 5.41) is 8.14. The summed E-state index contributed by atoms with van der Waals surface area (Å²) in [5.41, 5.74) is 7.35. The molecular formula is C19H19N3O. The van der Waals surface area contributed by atoms with Gasteiger partial charge in [0.25, 0.3) is 0 Å². The summed E-state index contributed by atoms with van der Waals surface area (Å²) in [4.78, 5) is 0. The van der Waals surface area contributed by atoms with Crippen LogP contribution in [0.4, 0.5) is 0 Å². The van der Waals surface area contributed by atoms with Crippen molar-refractivity contribution >= 4 is 5.65 Å². The summed E-state index contributed by atoms with van der Waals surface area (Å²) in [7, 11) is 0. The third-order valence-corrected chi connectivity index (χ3v) is 6.12. The maximum Gasteiger partial charge on any atom is 0.164 e. The Labute approximate surface area is 134 Å². The van der Waals surface area contributed by atoms with Gasteiger partial charge in [-0.25, -0.2) is 0 Å². The van der Waals surface area contributed by atoms with Crippen molar-refractivity contribution in [1.29, 1.82) is 0 Å². The van der Waals surface area contributed by atoms with E-state index in [2.05, 4.69) is 28.5 Å². The molecule has 23 heavy (non-hydrogen) atoms. The monoisotopic (exact) mass is 305 g/mol. The van der Waals surface area contributed by atoms with E-state index in [-0.39, 0.29) is 0 Å². The lowest BCUT2D eigenvalue weighted by Crippen LogP contribution is -2.48. The Bertz CT molecular complexity index is 873. The van der Waals surface area contributed by atoms with Gasteiger partial charge < -0.3 is 4.74 Å². The van der Waals surface area contributed by atoms with Gasteiger partial charge in [0.2, 0.25) is 0 Å². The molecule has 7 rings (SSSR count). The van der Waals surface area contributed by atoms with Crippen LogP contribution in [0, 0.1) is 11.8 Å². The van der Waals surface area contributed by atoms with Crippen molar-refractivity contribution in [1.82, 2.24) is 14.6 Å². The molecule has 2 unspecified atom stereocenters. The Morgan fingerprint density at radius 1 is 1.26 bits per heavy atom. The largest absolute Gasteiger partial charge is 0.493 e. The van der Waals surface area contributed by atoms with Crippen LogP contribution in [0.2, 0.25) is 0 Å². The molecule has 4 heteroatoms. The first kappa shape index (κ1) is 12.3. The van der Waals surface area contributed by atoms with Crippen LogP contribution in [0.1, 0.15) is 43.6 Å². The van der Waals surface area contributed by atoms with E-state index >= 15 is 0 Å². The fraction of sp³-hybridized carbons (Fsp3) is 0.474. The zero-order valence-electron chi connectivity index (χ0n) is 13.0. The first-order valence-electron chi connectivity index (χ1n) is 8.76. The molecule has 0 radical (unpaired) electrons. The van der Waals surface area contributed by atoms with Crippen molar-refractivity contribution in [2.75, 3.05) is 6.61 Å². The Hall–Kier alpha value is -2.10. The number of nitrogens with zero attached hydrogens (tertiary/aromatic N) is 3. The molecular weight excluding hydrogens is 286 g/mol. The molecule has 4 bridgehead atoms. The maximum absolute atomic E-state index is 6.20. The third-order valence-electron chi connectivity index (χ3n) is 6.12. The van der Waals surface area contributed by atoms with Crippen LogP contribution in [0.5, 0.6) is 5.75 Å². The van der Waals surface area contributed by atoms with Crippen LogP contribution >= 0.6 is 0 Å². The predicted octanol–water partition coefficient (Wildman–Crippen LogP) is 3.65. The second kappa shape index (κ2) is 4.25. The van der Waals surface area contributed by atoms with E-state index in [0.717, 1.165) is 36.3 Å². The standard InChI is InChI=1S/C19H19N3O/c1-2-11(1)16-9-22-10-20-21-18(22)8-17(16)23-6-5-12-3-4-13-14-7-15(13)19(12)14/h4,8-11,14-15H,1-3,5-7H2. The molecule has 0 aliphatic heterocycles. The van der Waals surface area contributed by atoms with E-state index in [9.17, 15) is 0 Å². The van der Waals surface area contributed by atoms with Gasteiger partial charge in [-0.3, -0.25) is 4.40 Å². The minimum Gasteiger partial charge on any atom is -0.493 e. The minimum absolute atomic E-state index is 0.665. The molecule has 0 spiro atoms. The Balaban J connectivity index is 1.22. The minimum atomic E-state index is 0.665. The molecule has 2 atom stereocenters. The van der Waals surface area contributed by atoms with E-state index in [4.69, 9.17) is 4.74 Å². The predicted molar refractivity (Wildman–Crippen MR) is 86.4 cm³/mol. The summed E-state index contributed by atoms with van der Waals surface area (Å²) in [5.74, 6) is 3.37. The molecule has 5 aliphatic carbocycles. The van der Waals surface area contributed by atoms with Crippen molar-refractivity contribution in [2.24, 2.45) is 11.8 Å². The summed E-state index contributed by atoms with van der Waals surface area (Å²) >= 11 is 0. The van der Waals surface area contributed by atoms with Crippen molar-refractivity contribution < 1.29 is 4.74 Å². The van der Waals surface area contributed by atoms with Crippen LogP contribution in [-0.2, 0) is 0 Å². The van der Waals surface area contributed by atoms with Crippen LogP contribution in [-0.4, -0.2) is 21.2 Å². The Kier molecular flexibility index (Phi) is 2.28. The molecule has 2 aromatic heterocycles. The zero-order chi connectivity index (χ0) is 15.0.